The van der Waals surface area contributed by atoms with E-state index in [1.165, 1.54) is 23.8 Å². The van der Waals surface area contributed by atoms with Crippen LogP contribution in [0.3, 0.4) is 0 Å². The van der Waals surface area contributed by atoms with E-state index in [1.54, 1.807) is 55.7 Å². The minimum atomic E-state index is -0.243. The Bertz CT molecular complexity index is 1290. The number of amides is 2. The van der Waals surface area contributed by atoms with Crippen LogP contribution in [0.4, 0.5) is 5.69 Å². The van der Waals surface area contributed by atoms with Gasteiger partial charge in [-0.1, -0.05) is 60.4 Å². The van der Waals surface area contributed by atoms with Crippen LogP contribution in [-0.2, 0) is 16.1 Å². The number of rotatable bonds is 9. The number of hydrogen-bond acceptors (Lipinski definition) is 7. The number of ether oxygens (including phenoxy) is 3. The molecule has 7 nitrogen and oxygen atoms in total. The molecule has 4 rings (SSSR count). The maximum atomic E-state index is 13.1. The molecular formula is C27H24N2O5S2. The first-order valence-corrected chi connectivity index (χ1v) is 12.2. The summed E-state index contributed by atoms with van der Waals surface area (Å²) >= 11 is 6.68. The van der Waals surface area contributed by atoms with Gasteiger partial charge in [0, 0.05) is 6.54 Å². The molecule has 9 heteroatoms. The number of carbonyl (C=O) groups is 2. The summed E-state index contributed by atoms with van der Waals surface area (Å²) in [7, 11) is 3.10. The number of anilines is 1. The molecule has 184 valence electrons. The zero-order valence-electron chi connectivity index (χ0n) is 19.7. The van der Waals surface area contributed by atoms with Crippen molar-refractivity contribution in [3.63, 3.8) is 0 Å². The van der Waals surface area contributed by atoms with Crippen LogP contribution in [0.5, 0.6) is 17.2 Å². The number of nitrogens with one attached hydrogen (secondary N) is 1. The maximum Gasteiger partial charge on any atom is 0.270 e. The van der Waals surface area contributed by atoms with Gasteiger partial charge in [0.2, 0.25) is 0 Å². The van der Waals surface area contributed by atoms with Crippen LogP contribution < -0.4 is 24.4 Å². The molecule has 0 radical (unpaired) electrons. The molecule has 2 amide bonds. The molecule has 1 aliphatic heterocycles. The number of methoxy groups -OCH3 is 2. The van der Waals surface area contributed by atoms with Crippen molar-refractivity contribution in [2.75, 3.05) is 25.7 Å². The van der Waals surface area contributed by atoms with Crippen molar-refractivity contribution in [2.24, 2.45) is 0 Å². The number of nitrogens with zero attached hydrogens (tertiary/aromatic N) is 1. The highest BCUT2D eigenvalue weighted by molar-refractivity contribution is 8.27. The van der Waals surface area contributed by atoms with Gasteiger partial charge >= 0.3 is 0 Å². The van der Waals surface area contributed by atoms with E-state index in [2.05, 4.69) is 5.32 Å². The predicted molar refractivity (Wildman–Crippen MR) is 145 cm³/mol. The molecule has 0 bridgehead atoms. The van der Waals surface area contributed by atoms with E-state index in [0.717, 1.165) is 11.1 Å². The third kappa shape index (κ3) is 6.05. The van der Waals surface area contributed by atoms with Gasteiger partial charge in [0.1, 0.15) is 5.75 Å². The molecular weight excluding hydrogens is 496 g/mol. The van der Waals surface area contributed by atoms with Gasteiger partial charge in [0.05, 0.1) is 24.8 Å². The average molecular weight is 521 g/mol. The van der Waals surface area contributed by atoms with Crippen molar-refractivity contribution < 1.29 is 23.8 Å². The molecule has 1 saturated heterocycles. The number of thiocarbonyl (C=S) groups is 1. The lowest BCUT2D eigenvalue weighted by Gasteiger charge is -2.14. The Labute approximate surface area is 219 Å². The van der Waals surface area contributed by atoms with Gasteiger partial charge < -0.3 is 19.5 Å². The third-order valence-corrected chi connectivity index (χ3v) is 6.60. The van der Waals surface area contributed by atoms with Crippen molar-refractivity contribution in [1.29, 1.82) is 0 Å². The molecule has 0 aromatic heterocycles. The SMILES string of the molecule is COc1ccc(N2C(=O)/C(=C/c3ccc(OCC(=O)NCc4ccccc4)c(OC)c3)SC2=S)cc1. The van der Waals surface area contributed by atoms with Gasteiger partial charge in [-0.05, 0) is 53.6 Å². The van der Waals surface area contributed by atoms with Crippen LogP contribution in [0, 0.1) is 0 Å². The fourth-order valence-corrected chi connectivity index (χ4v) is 4.76. The monoisotopic (exact) mass is 520 g/mol. The second-order valence-corrected chi connectivity index (χ2v) is 9.35. The molecule has 0 saturated carbocycles. The Balaban J connectivity index is 1.41. The van der Waals surface area contributed by atoms with E-state index in [-0.39, 0.29) is 18.4 Å². The first-order valence-electron chi connectivity index (χ1n) is 11.0. The minimum absolute atomic E-state index is 0.150. The van der Waals surface area contributed by atoms with Crippen molar-refractivity contribution in [3.8, 4) is 17.2 Å². The molecule has 0 atom stereocenters. The van der Waals surface area contributed by atoms with E-state index >= 15 is 0 Å². The van der Waals surface area contributed by atoms with Crippen LogP contribution in [-0.4, -0.2) is 37.0 Å². The smallest absolute Gasteiger partial charge is 0.270 e. The zero-order chi connectivity index (χ0) is 25.5. The van der Waals surface area contributed by atoms with E-state index in [1.807, 2.05) is 30.3 Å². The van der Waals surface area contributed by atoms with Crippen LogP contribution in [0.2, 0.25) is 0 Å². The van der Waals surface area contributed by atoms with Gasteiger partial charge in [-0.25, -0.2) is 0 Å². The molecule has 1 N–H and O–H groups in total. The second kappa shape index (κ2) is 11.7. The first-order chi connectivity index (χ1) is 17.5. The molecule has 36 heavy (non-hydrogen) atoms. The van der Waals surface area contributed by atoms with E-state index < -0.39 is 0 Å². The Morgan fingerprint density at radius 3 is 2.44 bits per heavy atom. The summed E-state index contributed by atoms with van der Waals surface area (Å²) in [4.78, 5) is 27.2. The van der Waals surface area contributed by atoms with E-state index in [0.29, 0.717) is 38.7 Å². The Morgan fingerprint density at radius 2 is 1.75 bits per heavy atom. The zero-order valence-corrected chi connectivity index (χ0v) is 21.4. The number of benzene rings is 3. The second-order valence-electron chi connectivity index (χ2n) is 7.68. The van der Waals surface area contributed by atoms with Gasteiger partial charge in [-0.3, -0.25) is 14.5 Å². The molecule has 1 heterocycles. The Hall–Kier alpha value is -3.82. The number of carbonyl (C=O) groups excluding carboxylic acids is 2. The Morgan fingerprint density at radius 1 is 1.00 bits per heavy atom. The first kappa shape index (κ1) is 25.3. The van der Waals surface area contributed by atoms with Crippen LogP contribution >= 0.6 is 24.0 Å². The predicted octanol–water partition coefficient (Wildman–Crippen LogP) is 4.80. The Kier molecular flexibility index (Phi) is 8.24. The molecule has 0 unspecified atom stereocenters. The van der Waals surface area contributed by atoms with E-state index in [9.17, 15) is 9.59 Å². The summed E-state index contributed by atoms with van der Waals surface area (Å²) in [5.74, 6) is 1.13. The topological polar surface area (TPSA) is 77.1 Å². The van der Waals surface area contributed by atoms with Crippen molar-refractivity contribution in [3.05, 3.63) is 88.8 Å². The standard InChI is InChI=1S/C27H24N2O5S2/c1-32-21-11-9-20(10-12-21)29-26(31)24(36-27(29)35)15-19-8-13-22(23(14-19)33-2)34-17-25(30)28-16-18-6-4-3-5-7-18/h3-15H,16-17H2,1-2H3,(H,28,30)/b24-15-. The summed E-state index contributed by atoms with van der Waals surface area (Å²) < 4.78 is 16.7. The lowest BCUT2D eigenvalue weighted by Crippen LogP contribution is -2.28. The van der Waals surface area contributed by atoms with Crippen LogP contribution in [0.15, 0.2) is 77.7 Å². The van der Waals surface area contributed by atoms with Gasteiger partial charge in [0.25, 0.3) is 11.8 Å². The van der Waals surface area contributed by atoms with Gasteiger partial charge in [0.15, 0.2) is 22.4 Å². The fraction of sp³-hybridized carbons (Fsp3) is 0.148. The van der Waals surface area contributed by atoms with Crippen LogP contribution in [0.25, 0.3) is 6.08 Å². The van der Waals surface area contributed by atoms with Crippen molar-refractivity contribution in [1.82, 2.24) is 5.32 Å². The molecule has 3 aromatic rings. The lowest BCUT2D eigenvalue weighted by atomic mass is 10.1. The van der Waals surface area contributed by atoms with Crippen molar-refractivity contribution in [2.45, 2.75) is 6.54 Å². The number of hydrogen-bond donors (Lipinski definition) is 1. The van der Waals surface area contributed by atoms with Gasteiger partial charge in [-0.2, -0.15) is 0 Å². The molecule has 3 aromatic carbocycles. The lowest BCUT2D eigenvalue weighted by molar-refractivity contribution is -0.123. The summed E-state index contributed by atoms with van der Waals surface area (Å²) in [6, 6.07) is 22.0. The van der Waals surface area contributed by atoms with E-state index in [4.69, 9.17) is 26.4 Å². The minimum Gasteiger partial charge on any atom is -0.497 e. The summed E-state index contributed by atoms with van der Waals surface area (Å²) in [6.45, 7) is 0.275. The quantitative estimate of drug-likeness (QED) is 0.321. The summed E-state index contributed by atoms with van der Waals surface area (Å²) in [5, 5.41) is 2.82. The molecule has 1 aliphatic rings. The third-order valence-electron chi connectivity index (χ3n) is 5.30. The van der Waals surface area contributed by atoms with Crippen LogP contribution in [0.1, 0.15) is 11.1 Å². The highest BCUT2D eigenvalue weighted by Crippen LogP contribution is 2.37. The maximum absolute atomic E-state index is 13.1. The van der Waals surface area contributed by atoms with Crippen molar-refractivity contribution >= 4 is 51.9 Å². The largest absolute Gasteiger partial charge is 0.497 e. The average Bonchev–Trinajstić information content (AvgIpc) is 3.19. The van der Waals surface area contributed by atoms with Gasteiger partial charge in [-0.15, -0.1) is 0 Å². The molecule has 0 spiro atoms. The number of thioether (sulfide) groups is 1. The summed E-state index contributed by atoms with van der Waals surface area (Å²) in [6.07, 6.45) is 1.75. The fourth-order valence-electron chi connectivity index (χ4n) is 3.46. The highest BCUT2D eigenvalue weighted by Gasteiger charge is 2.33. The summed E-state index contributed by atoms with van der Waals surface area (Å²) in [5.41, 5.74) is 2.42. The molecule has 1 fully saturated rings. The molecule has 0 aliphatic carbocycles. The normalized spacial score (nSPS) is 14.2. The highest BCUT2D eigenvalue weighted by atomic mass is 32.2.